The summed E-state index contributed by atoms with van der Waals surface area (Å²) in [6.07, 6.45) is 6.95. The Bertz CT molecular complexity index is 375. The Hall–Kier alpha value is -0.870. The zero-order valence-electron chi connectivity index (χ0n) is 11.8. The van der Waals surface area contributed by atoms with Crippen LogP contribution < -0.4 is 5.32 Å². The molecule has 1 aromatic rings. The van der Waals surface area contributed by atoms with Crippen LogP contribution in [0.25, 0.3) is 0 Å². The summed E-state index contributed by atoms with van der Waals surface area (Å²) in [5.41, 5.74) is 2.55. The molecule has 18 heavy (non-hydrogen) atoms. The number of rotatable bonds is 5. The molecule has 1 fully saturated rings. The van der Waals surface area contributed by atoms with Crippen molar-refractivity contribution in [2.75, 3.05) is 6.61 Å². The van der Waals surface area contributed by atoms with E-state index in [1.165, 1.54) is 11.3 Å². The number of aryl methyl sites for hydroxylation is 2. The number of ether oxygens (including phenoxy) is 1. The van der Waals surface area contributed by atoms with Crippen LogP contribution in [0.1, 0.15) is 44.4 Å². The summed E-state index contributed by atoms with van der Waals surface area (Å²) in [4.78, 5) is 0. The summed E-state index contributed by atoms with van der Waals surface area (Å²) >= 11 is 0. The molecular formula is C14H25N3O. The molecule has 0 saturated carbocycles. The SMILES string of the molecule is CCc1nn(C)cc1CNC1CCOC(CC)C1. The molecule has 4 heteroatoms. The van der Waals surface area contributed by atoms with Gasteiger partial charge in [-0.05, 0) is 25.7 Å². The lowest BCUT2D eigenvalue weighted by atomic mass is 10.0. The van der Waals surface area contributed by atoms with Crippen LogP contribution in [-0.2, 0) is 24.8 Å². The van der Waals surface area contributed by atoms with Gasteiger partial charge in [-0.1, -0.05) is 13.8 Å². The summed E-state index contributed by atoms with van der Waals surface area (Å²) in [6.45, 7) is 6.18. The summed E-state index contributed by atoms with van der Waals surface area (Å²) in [6, 6.07) is 0.591. The highest BCUT2D eigenvalue weighted by molar-refractivity contribution is 5.16. The first kappa shape index (κ1) is 13.6. The van der Waals surface area contributed by atoms with Crippen LogP contribution in [0.5, 0.6) is 0 Å². The van der Waals surface area contributed by atoms with Crippen LogP contribution in [0.4, 0.5) is 0 Å². The largest absolute Gasteiger partial charge is 0.378 e. The standard InChI is InChI=1S/C14H25N3O/c1-4-13-8-12(6-7-18-13)15-9-11-10-17(3)16-14(11)5-2/h10,12-13,15H,4-9H2,1-3H3. The molecule has 1 aromatic heterocycles. The Morgan fingerprint density at radius 3 is 3.06 bits per heavy atom. The fourth-order valence-electron chi connectivity index (χ4n) is 2.63. The molecule has 1 N–H and O–H groups in total. The van der Waals surface area contributed by atoms with Gasteiger partial charge in [0.25, 0.3) is 0 Å². The number of nitrogens with one attached hydrogen (secondary N) is 1. The van der Waals surface area contributed by atoms with Gasteiger partial charge in [0.1, 0.15) is 0 Å². The van der Waals surface area contributed by atoms with E-state index in [-0.39, 0.29) is 0 Å². The van der Waals surface area contributed by atoms with E-state index in [4.69, 9.17) is 4.74 Å². The summed E-state index contributed by atoms with van der Waals surface area (Å²) in [7, 11) is 1.99. The van der Waals surface area contributed by atoms with Crippen LogP contribution in [0.2, 0.25) is 0 Å². The third kappa shape index (κ3) is 3.33. The second kappa shape index (κ2) is 6.34. The van der Waals surface area contributed by atoms with Gasteiger partial charge in [0, 0.05) is 38.0 Å². The fraction of sp³-hybridized carbons (Fsp3) is 0.786. The molecule has 0 bridgehead atoms. The van der Waals surface area contributed by atoms with Crippen molar-refractivity contribution in [1.82, 2.24) is 15.1 Å². The minimum atomic E-state index is 0.441. The molecule has 0 radical (unpaired) electrons. The van der Waals surface area contributed by atoms with E-state index in [9.17, 15) is 0 Å². The van der Waals surface area contributed by atoms with E-state index >= 15 is 0 Å². The van der Waals surface area contributed by atoms with E-state index in [2.05, 4.69) is 30.5 Å². The first-order valence-corrected chi connectivity index (χ1v) is 7.09. The molecule has 1 aliphatic rings. The lowest BCUT2D eigenvalue weighted by Gasteiger charge is -2.29. The molecule has 2 rings (SSSR count). The molecule has 2 unspecified atom stereocenters. The molecule has 0 spiro atoms. The van der Waals surface area contributed by atoms with Crippen LogP contribution in [0.15, 0.2) is 6.20 Å². The van der Waals surface area contributed by atoms with Crippen molar-refractivity contribution in [3.05, 3.63) is 17.5 Å². The van der Waals surface area contributed by atoms with Crippen LogP contribution in [-0.4, -0.2) is 28.5 Å². The lowest BCUT2D eigenvalue weighted by Crippen LogP contribution is -2.38. The molecular weight excluding hydrogens is 226 g/mol. The van der Waals surface area contributed by atoms with Gasteiger partial charge in [0.15, 0.2) is 0 Å². The predicted molar refractivity (Wildman–Crippen MR) is 72.5 cm³/mol. The first-order valence-electron chi connectivity index (χ1n) is 7.09. The van der Waals surface area contributed by atoms with Crippen molar-refractivity contribution in [3.8, 4) is 0 Å². The quantitative estimate of drug-likeness (QED) is 0.870. The van der Waals surface area contributed by atoms with Gasteiger partial charge in [-0.15, -0.1) is 0 Å². The van der Waals surface area contributed by atoms with Gasteiger partial charge in [0.05, 0.1) is 11.8 Å². The highest BCUT2D eigenvalue weighted by atomic mass is 16.5. The maximum atomic E-state index is 5.70. The van der Waals surface area contributed by atoms with Crippen molar-refractivity contribution < 1.29 is 4.74 Å². The highest BCUT2D eigenvalue weighted by Gasteiger charge is 2.21. The van der Waals surface area contributed by atoms with E-state index in [1.54, 1.807) is 0 Å². The topological polar surface area (TPSA) is 39.1 Å². The van der Waals surface area contributed by atoms with Gasteiger partial charge < -0.3 is 10.1 Å². The van der Waals surface area contributed by atoms with E-state index in [0.717, 1.165) is 38.8 Å². The Labute approximate surface area is 110 Å². The molecule has 102 valence electrons. The highest BCUT2D eigenvalue weighted by Crippen LogP contribution is 2.17. The lowest BCUT2D eigenvalue weighted by molar-refractivity contribution is -0.000327. The Balaban J connectivity index is 1.86. The van der Waals surface area contributed by atoms with Crippen LogP contribution in [0.3, 0.4) is 0 Å². The zero-order chi connectivity index (χ0) is 13.0. The third-order valence-corrected chi connectivity index (χ3v) is 3.73. The molecule has 0 amide bonds. The number of hydrogen-bond donors (Lipinski definition) is 1. The third-order valence-electron chi connectivity index (χ3n) is 3.73. The fourth-order valence-corrected chi connectivity index (χ4v) is 2.63. The van der Waals surface area contributed by atoms with E-state index < -0.39 is 0 Å². The second-order valence-electron chi connectivity index (χ2n) is 5.13. The Kier molecular flexibility index (Phi) is 4.78. The molecule has 2 atom stereocenters. The summed E-state index contributed by atoms with van der Waals surface area (Å²) < 4.78 is 7.61. The molecule has 0 aromatic carbocycles. The molecule has 0 aliphatic carbocycles. The Morgan fingerprint density at radius 2 is 2.33 bits per heavy atom. The second-order valence-corrected chi connectivity index (χ2v) is 5.13. The van der Waals surface area contributed by atoms with Crippen molar-refractivity contribution in [1.29, 1.82) is 0 Å². The van der Waals surface area contributed by atoms with Crippen LogP contribution >= 0.6 is 0 Å². The molecule has 4 nitrogen and oxygen atoms in total. The smallest absolute Gasteiger partial charge is 0.0666 e. The predicted octanol–water partition coefficient (Wildman–Crippen LogP) is 2.03. The van der Waals surface area contributed by atoms with Crippen LogP contribution in [0, 0.1) is 0 Å². The van der Waals surface area contributed by atoms with E-state index in [0.29, 0.717) is 12.1 Å². The minimum Gasteiger partial charge on any atom is -0.378 e. The Morgan fingerprint density at radius 1 is 1.50 bits per heavy atom. The zero-order valence-corrected chi connectivity index (χ0v) is 11.8. The van der Waals surface area contributed by atoms with Gasteiger partial charge in [-0.2, -0.15) is 5.10 Å². The van der Waals surface area contributed by atoms with Crippen molar-refractivity contribution in [3.63, 3.8) is 0 Å². The number of nitrogens with zero attached hydrogens (tertiary/aromatic N) is 2. The van der Waals surface area contributed by atoms with Gasteiger partial charge in [0.2, 0.25) is 0 Å². The van der Waals surface area contributed by atoms with Crippen molar-refractivity contribution >= 4 is 0 Å². The maximum Gasteiger partial charge on any atom is 0.0666 e. The van der Waals surface area contributed by atoms with Gasteiger partial charge >= 0.3 is 0 Å². The average molecular weight is 251 g/mol. The first-order chi connectivity index (χ1) is 8.72. The average Bonchev–Trinajstić information content (AvgIpc) is 2.77. The maximum absolute atomic E-state index is 5.70. The van der Waals surface area contributed by atoms with Crippen molar-refractivity contribution in [2.24, 2.45) is 7.05 Å². The number of aromatic nitrogens is 2. The van der Waals surface area contributed by atoms with Gasteiger partial charge in [-0.25, -0.2) is 0 Å². The minimum absolute atomic E-state index is 0.441. The van der Waals surface area contributed by atoms with Crippen molar-refractivity contribution in [2.45, 2.75) is 58.2 Å². The summed E-state index contributed by atoms with van der Waals surface area (Å²) in [5.74, 6) is 0. The van der Waals surface area contributed by atoms with Gasteiger partial charge in [-0.3, -0.25) is 4.68 Å². The molecule has 1 aliphatic heterocycles. The molecule has 2 heterocycles. The summed E-state index contributed by atoms with van der Waals surface area (Å²) in [5, 5.41) is 8.13. The normalized spacial score (nSPS) is 24.4. The monoisotopic (exact) mass is 251 g/mol. The molecule has 1 saturated heterocycles. The number of hydrogen-bond acceptors (Lipinski definition) is 3. The van der Waals surface area contributed by atoms with E-state index in [1.807, 2.05) is 11.7 Å².